The van der Waals surface area contributed by atoms with Gasteiger partial charge in [0.15, 0.2) is 5.78 Å². The number of rotatable bonds is 1. The Kier molecular flexibility index (Phi) is 3.42. The van der Waals surface area contributed by atoms with Crippen LogP contribution in [0.15, 0.2) is 23.3 Å². The molecule has 0 aromatic heterocycles. The molecule has 4 aliphatic rings. The molecular weight excluding hydrogens is 336 g/mol. The normalized spacial score (nSPS) is 54.5. The average Bonchev–Trinajstić information content (AvgIpc) is 2.97. The largest absolute Gasteiger partial charge is 0.392 e. The predicted molar refractivity (Wildman–Crippen MR) is 92.8 cm³/mol. The van der Waals surface area contributed by atoms with Gasteiger partial charge in [-0.15, -0.1) is 0 Å². The van der Waals surface area contributed by atoms with Gasteiger partial charge in [0.05, 0.1) is 18.3 Å². The van der Waals surface area contributed by atoms with Gasteiger partial charge < -0.3 is 25.5 Å². The average molecular weight is 364 g/mol. The molecule has 0 spiro atoms. The first-order valence-electron chi connectivity index (χ1n) is 9.27. The standard InChI is InChI=1S/C20H28O6/c1-9-5-13-18(24,15(9)22)7-11(8-21)6-12-14-17(3,4)20(14,26)16(23)10(2)19(12,13)25/h5-6,10,12-14,16,21,23-26H,7-8H2,1-4H3/t10-,12-,13-,14-,16-,18+,19+,20-/m1/s1. The van der Waals surface area contributed by atoms with Crippen molar-refractivity contribution in [1.82, 2.24) is 0 Å². The van der Waals surface area contributed by atoms with Crippen molar-refractivity contribution in [1.29, 1.82) is 0 Å². The van der Waals surface area contributed by atoms with E-state index in [4.69, 9.17) is 0 Å². The lowest BCUT2D eigenvalue weighted by molar-refractivity contribution is -0.209. The van der Waals surface area contributed by atoms with Crippen molar-refractivity contribution in [2.45, 2.75) is 57.0 Å². The van der Waals surface area contributed by atoms with Gasteiger partial charge >= 0.3 is 0 Å². The van der Waals surface area contributed by atoms with E-state index in [-0.39, 0.29) is 13.0 Å². The Balaban J connectivity index is 1.96. The summed E-state index contributed by atoms with van der Waals surface area (Å²) in [7, 11) is 0. The Morgan fingerprint density at radius 2 is 1.81 bits per heavy atom. The predicted octanol–water partition coefficient (Wildman–Crippen LogP) is -0.0699. The van der Waals surface area contributed by atoms with Crippen LogP contribution in [0.1, 0.15) is 34.1 Å². The highest BCUT2D eigenvalue weighted by atomic mass is 16.4. The van der Waals surface area contributed by atoms with E-state index in [9.17, 15) is 30.3 Å². The fourth-order valence-corrected chi connectivity index (χ4v) is 6.45. The zero-order chi connectivity index (χ0) is 19.4. The third kappa shape index (κ3) is 1.69. The lowest BCUT2D eigenvalue weighted by atomic mass is 9.59. The molecule has 6 heteroatoms. The number of hydrogen-bond acceptors (Lipinski definition) is 6. The van der Waals surface area contributed by atoms with Crippen LogP contribution in [0, 0.1) is 29.1 Å². The van der Waals surface area contributed by atoms with Crippen LogP contribution in [0.3, 0.4) is 0 Å². The minimum absolute atomic E-state index is 0.0615. The van der Waals surface area contributed by atoms with Gasteiger partial charge in [-0.25, -0.2) is 0 Å². The SMILES string of the molecule is CC1=C[C@H]2[C@]3(O)[C@H](C)[C@@H](O)[C@]4(O)[C@H]([C@H]3C=C(CO)C[C@@]2(O)C1=O)C4(C)C. The number of hydrogen-bond donors (Lipinski definition) is 5. The lowest BCUT2D eigenvalue weighted by Gasteiger charge is -2.51. The van der Waals surface area contributed by atoms with Crippen molar-refractivity contribution in [2.75, 3.05) is 6.61 Å². The number of carbonyl (C=O) groups excluding carboxylic acids is 1. The molecule has 26 heavy (non-hydrogen) atoms. The van der Waals surface area contributed by atoms with Gasteiger partial charge in [-0.1, -0.05) is 32.9 Å². The Labute approximate surface area is 152 Å². The number of ketones is 1. The van der Waals surface area contributed by atoms with E-state index in [0.29, 0.717) is 11.1 Å². The molecule has 0 aromatic rings. The molecule has 0 unspecified atom stereocenters. The molecule has 6 nitrogen and oxygen atoms in total. The van der Waals surface area contributed by atoms with E-state index in [1.54, 1.807) is 26.0 Å². The van der Waals surface area contributed by atoms with Gasteiger partial charge in [-0.2, -0.15) is 0 Å². The van der Waals surface area contributed by atoms with E-state index in [1.165, 1.54) is 0 Å². The topological polar surface area (TPSA) is 118 Å². The lowest BCUT2D eigenvalue weighted by Crippen LogP contribution is -2.65. The molecule has 5 N–H and O–H groups in total. The molecular formula is C20H28O6. The van der Waals surface area contributed by atoms with Crippen LogP contribution in [0.25, 0.3) is 0 Å². The van der Waals surface area contributed by atoms with Gasteiger partial charge in [0, 0.05) is 35.5 Å². The van der Waals surface area contributed by atoms with E-state index in [2.05, 4.69) is 0 Å². The number of carbonyl (C=O) groups is 1. The van der Waals surface area contributed by atoms with Crippen LogP contribution >= 0.6 is 0 Å². The second kappa shape index (κ2) is 4.86. The summed E-state index contributed by atoms with van der Waals surface area (Å²) in [4.78, 5) is 12.7. The molecule has 0 aromatic carbocycles. The molecule has 2 saturated carbocycles. The monoisotopic (exact) mass is 364 g/mol. The van der Waals surface area contributed by atoms with E-state index in [0.717, 1.165) is 0 Å². The van der Waals surface area contributed by atoms with Crippen LogP contribution in [0.5, 0.6) is 0 Å². The fourth-order valence-electron chi connectivity index (χ4n) is 6.45. The first kappa shape index (κ1) is 18.3. The van der Waals surface area contributed by atoms with Crippen LogP contribution in [0.2, 0.25) is 0 Å². The summed E-state index contributed by atoms with van der Waals surface area (Å²) in [6.07, 6.45) is 2.08. The molecule has 0 radical (unpaired) electrons. The molecule has 0 heterocycles. The first-order valence-corrected chi connectivity index (χ1v) is 9.27. The minimum atomic E-state index is -1.84. The molecule has 2 fully saturated rings. The molecule has 0 saturated heterocycles. The van der Waals surface area contributed by atoms with Gasteiger partial charge in [0.25, 0.3) is 0 Å². The van der Waals surface area contributed by atoms with Crippen molar-refractivity contribution < 1.29 is 30.3 Å². The molecule has 0 aliphatic heterocycles. The number of Topliss-reactive ketones (excluding diaryl/α,β-unsaturated/α-hetero) is 1. The minimum Gasteiger partial charge on any atom is -0.392 e. The Morgan fingerprint density at radius 3 is 2.38 bits per heavy atom. The Bertz CT molecular complexity index is 753. The second-order valence-electron chi connectivity index (χ2n) is 9.41. The summed E-state index contributed by atoms with van der Waals surface area (Å²) < 4.78 is 0. The van der Waals surface area contributed by atoms with Crippen LogP contribution in [0.4, 0.5) is 0 Å². The smallest absolute Gasteiger partial charge is 0.190 e. The Morgan fingerprint density at radius 1 is 1.19 bits per heavy atom. The van der Waals surface area contributed by atoms with E-state index in [1.807, 2.05) is 13.8 Å². The summed E-state index contributed by atoms with van der Waals surface area (Å²) >= 11 is 0. The van der Waals surface area contributed by atoms with E-state index >= 15 is 0 Å². The van der Waals surface area contributed by atoms with Crippen LogP contribution in [-0.2, 0) is 4.79 Å². The summed E-state index contributed by atoms with van der Waals surface area (Å²) in [5.41, 5.74) is -4.57. The zero-order valence-corrected chi connectivity index (χ0v) is 15.6. The van der Waals surface area contributed by atoms with Gasteiger partial charge in [0.1, 0.15) is 11.2 Å². The molecule has 8 atom stereocenters. The molecule has 0 amide bonds. The summed E-state index contributed by atoms with van der Waals surface area (Å²) in [5, 5.41) is 54.9. The third-order valence-electron chi connectivity index (χ3n) is 8.04. The van der Waals surface area contributed by atoms with Crippen molar-refractivity contribution >= 4 is 5.78 Å². The van der Waals surface area contributed by atoms with Crippen LogP contribution in [-0.4, -0.2) is 60.8 Å². The maximum Gasteiger partial charge on any atom is 0.190 e. The fraction of sp³-hybridized carbons (Fsp3) is 0.750. The third-order valence-corrected chi connectivity index (χ3v) is 8.04. The van der Waals surface area contributed by atoms with Crippen molar-refractivity contribution in [3.63, 3.8) is 0 Å². The molecule has 4 aliphatic carbocycles. The highest BCUT2D eigenvalue weighted by molar-refractivity contribution is 6.04. The second-order valence-corrected chi connectivity index (χ2v) is 9.41. The van der Waals surface area contributed by atoms with Gasteiger partial charge in [0.2, 0.25) is 0 Å². The van der Waals surface area contributed by atoms with Crippen LogP contribution < -0.4 is 0 Å². The number of fused-ring (bicyclic) bond motifs is 5. The highest BCUT2D eigenvalue weighted by Crippen LogP contribution is 2.74. The number of aliphatic hydroxyl groups is 5. The highest BCUT2D eigenvalue weighted by Gasteiger charge is 2.84. The summed E-state index contributed by atoms with van der Waals surface area (Å²) in [6, 6.07) is 0. The summed E-state index contributed by atoms with van der Waals surface area (Å²) in [5.74, 6) is -3.14. The molecule has 0 bridgehead atoms. The van der Waals surface area contributed by atoms with Gasteiger partial charge in [-0.3, -0.25) is 4.79 Å². The quantitative estimate of drug-likeness (QED) is 0.416. The number of aliphatic hydroxyl groups excluding tert-OH is 2. The van der Waals surface area contributed by atoms with E-state index < -0.39 is 57.8 Å². The summed E-state index contributed by atoms with van der Waals surface area (Å²) in [6.45, 7) is 6.63. The van der Waals surface area contributed by atoms with Crippen molar-refractivity contribution in [3.05, 3.63) is 23.3 Å². The van der Waals surface area contributed by atoms with Crippen molar-refractivity contribution in [2.24, 2.45) is 29.1 Å². The Hall–Kier alpha value is -1.05. The molecule has 144 valence electrons. The maximum atomic E-state index is 12.7. The maximum absolute atomic E-state index is 12.7. The molecule has 4 rings (SSSR count). The first-order chi connectivity index (χ1) is 11.9. The van der Waals surface area contributed by atoms with Gasteiger partial charge in [-0.05, 0) is 18.1 Å². The van der Waals surface area contributed by atoms with Crippen molar-refractivity contribution in [3.8, 4) is 0 Å². The zero-order valence-electron chi connectivity index (χ0n) is 15.6.